The Hall–Kier alpha value is 0.336. The molecule has 0 fully saturated rings. The number of hydrogen-bond donors (Lipinski definition) is 0. The van der Waals surface area contributed by atoms with Crippen molar-refractivity contribution in [1.29, 1.82) is 5.26 Å². The van der Waals surface area contributed by atoms with E-state index in [1.165, 1.54) is 6.26 Å². The van der Waals surface area contributed by atoms with Crippen LogP contribution in [0.25, 0.3) is 0 Å². The minimum atomic E-state index is -0.720. The van der Waals surface area contributed by atoms with Gasteiger partial charge in [-0.3, -0.25) is 0 Å². The average Bonchev–Trinajstić information content (AvgIpc) is 1.68. The van der Waals surface area contributed by atoms with Crippen LogP contribution < -0.4 is 0 Å². The van der Waals surface area contributed by atoms with E-state index in [1.54, 1.807) is 0 Å². The van der Waals surface area contributed by atoms with Crippen LogP contribution in [0.4, 0.5) is 0 Å². The zero-order chi connectivity index (χ0) is 5.70. The average molecular weight is 136 g/mol. The van der Waals surface area contributed by atoms with E-state index in [2.05, 4.69) is 11.3 Å². The van der Waals surface area contributed by atoms with Crippen molar-refractivity contribution in [3.05, 3.63) is 12.7 Å². The van der Waals surface area contributed by atoms with Gasteiger partial charge in [-0.15, -0.1) is 5.26 Å². The van der Waals surface area contributed by atoms with Gasteiger partial charge in [-0.25, -0.2) is 4.79 Å². The van der Waals surface area contributed by atoms with Gasteiger partial charge in [0, 0.05) is 57.5 Å². The minimum Gasteiger partial charge on any atom is -0.347 e. The van der Waals surface area contributed by atoms with Crippen LogP contribution in [0.2, 0.25) is 0 Å². The van der Waals surface area contributed by atoms with E-state index < -0.39 is 5.97 Å². The molecule has 0 saturated carbocycles. The zero-order valence-electron chi connectivity index (χ0n) is 4.55. The van der Waals surface area contributed by atoms with Crippen LogP contribution in [-0.4, -0.2) is 57.4 Å². The van der Waals surface area contributed by atoms with Gasteiger partial charge >= 0.3 is 5.97 Å². The predicted molar refractivity (Wildman–Crippen MR) is 27.7 cm³/mol. The largest absolute Gasteiger partial charge is 0.347 e. The first-order valence-electron chi connectivity index (χ1n) is 1.53. The molecule has 4 heteroatoms. The number of rotatable bonds is 1. The van der Waals surface area contributed by atoms with Crippen molar-refractivity contribution in [1.82, 2.24) is 0 Å². The summed E-state index contributed by atoms with van der Waals surface area (Å²) in [7, 11) is 0. The van der Waals surface area contributed by atoms with E-state index in [0.29, 0.717) is 0 Å². The van der Waals surface area contributed by atoms with E-state index in [0.717, 1.165) is 6.08 Å². The maximum absolute atomic E-state index is 9.85. The second-order valence-corrected chi connectivity index (χ2v) is 0.717. The molecule has 0 rings (SSSR count). The Morgan fingerprint density at radius 3 is 2.50 bits per heavy atom. The Labute approximate surface area is 89.7 Å². The standard InChI is InChI=1S/C4H3NO2.K/c1-2-4(6)7-3-5;/h2H,1H2;. The molecule has 0 aromatic rings. The normalized spacial score (nSPS) is 5.38. The summed E-state index contributed by atoms with van der Waals surface area (Å²) < 4.78 is 3.74. The van der Waals surface area contributed by atoms with Gasteiger partial charge in [0.05, 0.1) is 0 Å². The van der Waals surface area contributed by atoms with Gasteiger partial charge in [0.15, 0.2) is 0 Å². The molecule has 0 aromatic carbocycles. The van der Waals surface area contributed by atoms with Gasteiger partial charge in [0.25, 0.3) is 6.26 Å². The van der Waals surface area contributed by atoms with Crippen LogP contribution in [0, 0.1) is 11.5 Å². The molecular weight excluding hydrogens is 133 g/mol. The number of nitriles is 1. The molecule has 0 aliphatic heterocycles. The summed E-state index contributed by atoms with van der Waals surface area (Å²) in [5.74, 6) is -0.720. The van der Waals surface area contributed by atoms with Crippen molar-refractivity contribution < 1.29 is 9.53 Å². The number of nitrogens with zero attached hydrogens (tertiary/aromatic N) is 1. The second-order valence-electron chi connectivity index (χ2n) is 0.717. The monoisotopic (exact) mass is 136 g/mol. The first-order valence-corrected chi connectivity index (χ1v) is 1.53. The van der Waals surface area contributed by atoms with E-state index in [-0.39, 0.29) is 51.4 Å². The van der Waals surface area contributed by atoms with Crippen LogP contribution in [0.3, 0.4) is 0 Å². The quantitative estimate of drug-likeness (QED) is 0.217. The molecule has 0 heterocycles. The molecule has 3 nitrogen and oxygen atoms in total. The molecule has 0 aliphatic carbocycles. The van der Waals surface area contributed by atoms with Gasteiger partial charge in [-0.1, -0.05) is 6.58 Å². The second kappa shape index (κ2) is 7.34. The smallest absolute Gasteiger partial charge is 0.345 e. The molecule has 0 unspecified atom stereocenters. The summed E-state index contributed by atoms with van der Waals surface area (Å²) >= 11 is 0. The minimum absolute atomic E-state index is 0. The van der Waals surface area contributed by atoms with Crippen LogP contribution in [0.5, 0.6) is 0 Å². The molecule has 0 aromatic heterocycles. The summed E-state index contributed by atoms with van der Waals surface area (Å²) in [6.45, 7) is 3.05. The summed E-state index contributed by atoms with van der Waals surface area (Å²) in [6, 6.07) is 0. The van der Waals surface area contributed by atoms with Gasteiger partial charge in [-0.2, -0.15) is 0 Å². The predicted octanol–water partition coefficient (Wildman–Crippen LogP) is -0.184. The number of esters is 1. The molecule has 0 atom stereocenters. The third-order valence-electron chi connectivity index (χ3n) is 0.313. The van der Waals surface area contributed by atoms with E-state index in [4.69, 9.17) is 5.26 Å². The number of hydrogen-bond acceptors (Lipinski definition) is 3. The van der Waals surface area contributed by atoms with Crippen LogP contribution in [-0.2, 0) is 9.53 Å². The van der Waals surface area contributed by atoms with Crippen molar-refractivity contribution in [2.24, 2.45) is 0 Å². The summed E-state index contributed by atoms with van der Waals surface area (Å²) in [5, 5.41) is 7.63. The SMILES string of the molecule is C=CC(=O)OC#N.[K]. The Balaban J connectivity index is 0. The van der Waals surface area contributed by atoms with Crippen molar-refractivity contribution in [2.45, 2.75) is 0 Å². The molecule has 0 amide bonds. The van der Waals surface area contributed by atoms with E-state index in [1.807, 2.05) is 0 Å². The van der Waals surface area contributed by atoms with Crippen molar-refractivity contribution in [3.8, 4) is 6.26 Å². The molecule has 0 spiro atoms. The molecule has 0 saturated heterocycles. The summed E-state index contributed by atoms with van der Waals surface area (Å²) in [4.78, 5) is 9.85. The first-order chi connectivity index (χ1) is 3.31. The van der Waals surface area contributed by atoms with Crippen LogP contribution >= 0.6 is 0 Å². The molecule has 37 valence electrons. The Bertz CT molecular complexity index is 126. The van der Waals surface area contributed by atoms with Crippen molar-refractivity contribution >= 4 is 57.4 Å². The molecule has 8 heavy (non-hydrogen) atoms. The zero-order valence-corrected chi connectivity index (χ0v) is 7.67. The number of carbonyl (C=O) groups excluding carboxylic acids is 1. The van der Waals surface area contributed by atoms with Gasteiger partial charge in [-0.05, 0) is 0 Å². The maximum atomic E-state index is 9.85. The van der Waals surface area contributed by atoms with Gasteiger partial charge in [0.2, 0.25) is 0 Å². The Morgan fingerprint density at radius 2 is 2.38 bits per heavy atom. The molecular formula is C4H3KNO2. The number of carbonyl (C=O) groups is 1. The van der Waals surface area contributed by atoms with E-state index >= 15 is 0 Å². The van der Waals surface area contributed by atoms with Crippen LogP contribution in [0.15, 0.2) is 12.7 Å². The van der Waals surface area contributed by atoms with Gasteiger partial charge in [0.1, 0.15) is 0 Å². The number of ether oxygens (including phenoxy) is 1. The third-order valence-corrected chi connectivity index (χ3v) is 0.313. The summed E-state index contributed by atoms with van der Waals surface area (Å²) in [6.07, 6.45) is 2.12. The first kappa shape index (κ1) is 11.2. The molecule has 0 bridgehead atoms. The van der Waals surface area contributed by atoms with Crippen LogP contribution in [0.1, 0.15) is 0 Å². The maximum Gasteiger partial charge on any atom is 0.345 e. The Kier molecular flexibility index (Phi) is 10.2. The topological polar surface area (TPSA) is 50.1 Å². The molecule has 1 radical (unpaired) electrons. The fraction of sp³-hybridized carbons (Fsp3) is 0. The van der Waals surface area contributed by atoms with Gasteiger partial charge < -0.3 is 4.74 Å². The fourth-order valence-corrected chi connectivity index (χ4v) is 0.0867. The molecule has 0 aliphatic rings. The van der Waals surface area contributed by atoms with Crippen molar-refractivity contribution in [2.75, 3.05) is 0 Å². The Morgan fingerprint density at radius 1 is 1.88 bits per heavy atom. The van der Waals surface area contributed by atoms with Crippen molar-refractivity contribution in [3.63, 3.8) is 0 Å². The third kappa shape index (κ3) is 6.34. The van der Waals surface area contributed by atoms with E-state index in [9.17, 15) is 4.79 Å². The molecule has 0 N–H and O–H groups in total. The summed E-state index contributed by atoms with van der Waals surface area (Å²) in [5.41, 5.74) is 0. The fourth-order valence-electron chi connectivity index (χ4n) is 0.0867.